The van der Waals surface area contributed by atoms with Gasteiger partial charge in [-0.05, 0) is 12.8 Å². The maximum absolute atomic E-state index is 11.8. The Labute approximate surface area is 76.6 Å². The predicted octanol–water partition coefficient (Wildman–Crippen LogP) is 3.43. The molecule has 0 aliphatic carbocycles. The highest BCUT2D eigenvalue weighted by Gasteiger charge is 2.28. The number of carbonyl (C=O) groups excluding carboxylic acids is 1. The van der Waals surface area contributed by atoms with E-state index in [4.69, 9.17) is 0 Å². The highest BCUT2D eigenvalue weighted by molar-refractivity contribution is 5.85. The van der Waals surface area contributed by atoms with Gasteiger partial charge in [-0.25, -0.2) is 0 Å². The molecule has 1 heteroatoms. The fourth-order valence-electron chi connectivity index (χ4n) is 1.41. The summed E-state index contributed by atoms with van der Waals surface area (Å²) in [5.74, 6) is 0.664. The second kappa shape index (κ2) is 4.64. The van der Waals surface area contributed by atoms with Crippen molar-refractivity contribution in [3.8, 4) is 0 Å². The smallest absolute Gasteiger partial charge is 0.141 e. The van der Waals surface area contributed by atoms with E-state index in [1.54, 1.807) is 0 Å². The van der Waals surface area contributed by atoms with Crippen LogP contribution in [0.25, 0.3) is 0 Å². The highest BCUT2D eigenvalue weighted by Crippen LogP contribution is 2.26. The van der Waals surface area contributed by atoms with Crippen molar-refractivity contribution in [3.63, 3.8) is 0 Å². The number of rotatable bonds is 5. The topological polar surface area (TPSA) is 17.1 Å². The summed E-state index contributed by atoms with van der Waals surface area (Å²) in [5.41, 5.74) is -0.116. The molecule has 0 aliphatic rings. The molecule has 1 unspecified atom stereocenters. The molecule has 0 saturated heterocycles. The molecule has 0 rings (SSSR count). The van der Waals surface area contributed by atoms with Crippen LogP contribution in [0.2, 0.25) is 0 Å². The summed E-state index contributed by atoms with van der Waals surface area (Å²) in [6.45, 7) is 10.3. The second-order valence-electron chi connectivity index (χ2n) is 4.29. The highest BCUT2D eigenvalue weighted by atomic mass is 16.1. The van der Waals surface area contributed by atoms with Gasteiger partial charge in [-0.3, -0.25) is 4.79 Å². The van der Waals surface area contributed by atoms with E-state index >= 15 is 0 Å². The first-order chi connectivity index (χ1) is 5.45. The molecule has 0 aromatic heterocycles. The summed E-state index contributed by atoms with van der Waals surface area (Å²) in [7, 11) is 0. The average Bonchev–Trinajstić information content (AvgIpc) is 2.03. The first-order valence-corrected chi connectivity index (χ1v) is 5.00. The van der Waals surface area contributed by atoms with Crippen LogP contribution >= 0.6 is 0 Å². The molecule has 0 heterocycles. The van der Waals surface area contributed by atoms with E-state index in [0.717, 1.165) is 19.3 Å². The van der Waals surface area contributed by atoms with Gasteiger partial charge >= 0.3 is 0 Å². The summed E-state index contributed by atoms with van der Waals surface area (Å²) >= 11 is 0. The van der Waals surface area contributed by atoms with Crippen molar-refractivity contribution < 1.29 is 4.79 Å². The van der Waals surface area contributed by atoms with Crippen LogP contribution in [-0.4, -0.2) is 5.78 Å². The Morgan fingerprint density at radius 2 is 1.83 bits per heavy atom. The Hall–Kier alpha value is -0.330. The lowest BCUT2D eigenvalue weighted by atomic mass is 9.78. The van der Waals surface area contributed by atoms with Crippen LogP contribution in [-0.2, 0) is 4.79 Å². The number of hydrogen-bond acceptors (Lipinski definition) is 1. The summed E-state index contributed by atoms with van der Waals surface area (Å²) in [6, 6.07) is 0. The third-order valence-electron chi connectivity index (χ3n) is 2.72. The van der Waals surface area contributed by atoms with Crippen molar-refractivity contribution in [2.45, 2.75) is 53.9 Å². The maximum Gasteiger partial charge on any atom is 0.141 e. The van der Waals surface area contributed by atoms with Crippen LogP contribution in [0.3, 0.4) is 0 Å². The van der Waals surface area contributed by atoms with Crippen molar-refractivity contribution >= 4 is 5.78 Å². The van der Waals surface area contributed by atoms with Gasteiger partial charge in [0, 0.05) is 11.3 Å². The van der Waals surface area contributed by atoms with E-state index in [-0.39, 0.29) is 11.3 Å². The van der Waals surface area contributed by atoms with Crippen LogP contribution < -0.4 is 0 Å². The van der Waals surface area contributed by atoms with Gasteiger partial charge in [-0.15, -0.1) is 0 Å². The standard InChI is InChI=1S/C11H22O/c1-6-8-9(3)10(12)11(4,5)7-2/h9H,6-8H2,1-5H3. The minimum absolute atomic E-state index is 0.116. The Kier molecular flexibility index (Phi) is 4.51. The average molecular weight is 170 g/mol. The fraction of sp³-hybridized carbons (Fsp3) is 0.909. The first-order valence-electron chi connectivity index (χ1n) is 5.00. The largest absolute Gasteiger partial charge is 0.299 e. The zero-order valence-corrected chi connectivity index (χ0v) is 9.11. The normalized spacial score (nSPS) is 14.4. The van der Waals surface area contributed by atoms with E-state index < -0.39 is 0 Å². The monoisotopic (exact) mass is 170 g/mol. The molecule has 0 fully saturated rings. The molecular weight excluding hydrogens is 148 g/mol. The molecule has 1 atom stereocenters. The van der Waals surface area contributed by atoms with Gasteiger partial charge in [0.2, 0.25) is 0 Å². The second-order valence-corrected chi connectivity index (χ2v) is 4.29. The third-order valence-corrected chi connectivity index (χ3v) is 2.72. The molecule has 0 bridgehead atoms. The Bertz CT molecular complexity index is 147. The van der Waals surface area contributed by atoms with Crippen LogP contribution in [0, 0.1) is 11.3 Å². The van der Waals surface area contributed by atoms with Crippen molar-refractivity contribution in [1.82, 2.24) is 0 Å². The Balaban J connectivity index is 4.18. The predicted molar refractivity (Wildman–Crippen MR) is 53.2 cm³/mol. The molecule has 0 N–H and O–H groups in total. The molecule has 0 saturated carbocycles. The van der Waals surface area contributed by atoms with Gasteiger partial charge < -0.3 is 0 Å². The lowest BCUT2D eigenvalue weighted by Crippen LogP contribution is -2.28. The minimum atomic E-state index is -0.116. The van der Waals surface area contributed by atoms with Gasteiger partial charge in [0.25, 0.3) is 0 Å². The van der Waals surface area contributed by atoms with Crippen molar-refractivity contribution in [2.75, 3.05) is 0 Å². The van der Waals surface area contributed by atoms with Gasteiger partial charge in [0.1, 0.15) is 5.78 Å². The summed E-state index contributed by atoms with van der Waals surface area (Å²) < 4.78 is 0. The third kappa shape index (κ3) is 2.96. The fourth-order valence-corrected chi connectivity index (χ4v) is 1.41. The SMILES string of the molecule is CCCC(C)C(=O)C(C)(C)CC. The van der Waals surface area contributed by atoms with Crippen molar-refractivity contribution in [3.05, 3.63) is 0 Å². The van der Waals surface area contributed by atoms with E-state index in [9.17, 15) is 4.79 Å². The van der Waals surface area contributed by atoms with E-state index in [1.165, 1.54) is 0 Å². The maximum atomic E-state index is 11.8. The number of Topliss-reactive ketones (excluding diaryl/α,β-unsaturated/α-hetero) is 1. The van der Waals surface area contributed by atoms with Crippen molar-refractivity contribution in [1.29, 1.82) is 0 Å². The van der Waals surface area contributed by atoms with Crippen LogP contribution in [0.15, 0.2) is 0 Å². The first kappa shape index (κ1) is 11.7. The molecular formula is C11H22O. The lowest BCUT2D eigenvalue weighted by molar-refractivity contribution is -0.131. The molecule has 0 aromatic carbocycles. The molecule has 72 valence electrons. The van der Waals surface area contributed by atoms with E-state index in [1.807, 2.05) is 20.8 Å². The molecule has 0 amide bonds. The minimum Gasteiger partial charge on any atom is -0.299 e. The molecule has 0 aliphatic heterocycles. The molecule has 0 aromatic rings. The van der Waals surface area contributed by atoms with Crippen LogP contribution in [0.5, 0.6) is 0 Å². The number of ketones is 1. The summed E-state index contributed by atoms with van der Waals surface area (Å²) in [4.78, 5) is 11.8. The number of hydrogen-bond donors (Lipinski definition) is 0. The zero-order chi connectivity index (χ0) is 9.78. The van der Waals surface area contributed by atoms with Gasteiger partial charge in [0.15, 0.2) is 0 Å². The summed E-state index contributed by atoms with van der Waals surface area (Å²) in [5, 5.41) is 0. The Morgan fingerprint density at radius 1 is 1.33 bits per heavy atom. The van der Waals surface area contributed by atoms with Gasteiger partial charge in [-0.2, -0.15) is 0 Å². The molecule has 1 nitrogen and oxygen atoms in total. The molecule has 0 radical (unpaired) electrons. The van der Waals surface area contributed by atoms with Gasteiger partial charge in [-0.1, -0.05) is 41.0 Å². The van der Waals surface area contributed by atoms with Crippen LogP contribution in [0.1, 0.15) is 53.9 Å². The van der Waals surface area contributed by atoms with E-state index in [0.29, 0.717) is 5.78 Å². The zero-order valence-electron chi connectivity index (χ0n) is 9.11. The lowest BCUT2D eigenvalue weighted by Gasteiger charge is -2.24. The Morgan fingerprint density at radius 3 is 2.17 bits per heavy atom. The quantitative estimate of drug-likeness (QED) is 0.618. The molecule has 12 heavy (non-hydrogen) atoms. The van der Waals surface area contributed by atoms with Crippen molar-refractivity contribution in [2.24, 2.45) is 11.3 Å². The van der Waals surface area contributed by atoms with Gasteiger partial charge in [0.05, 0.1) is 0 Å². The van der Waals surface area contributed by atoms with E-state index in [2.05, 4.69) is 13.8 Å². The number of carbonyl (C=O) groups is 1. The molecule has 0 spiro atoms. The summed E-state index contributed by atoms with van der Waals surface area (Å²) in [6.07, 6.45) is 3.08. The van der Waals surface area contributed by atoms with Crippen LogP contribution in [0.4, 0.5) is 0 Å².